The number of benzene rings is 1. The molecule has 0 fully saturated rings. The van der Waals surface area contributed by atoms with Crippen LogP contribution in [0, 0.1) is 0 Å². The summed E-state index contributed by atoms with van der Waals surface area (Å²) in [5, 5.41) is 2.95. The summed E-state index contributed by atoms with van der Waals surface area (Å²) in [6, 6.07) is 13.8. The molecule has 6 heteroatoms. The second-order valence-corrected chi connectivity index (χ2v) is 5.63. The van der Waals surface area contributed by atoms with Crippen molar-refractivity contribution < 1.29 is 4.79 Å². The molecule has 24 heavy (non-hydrogen) atoms. The van der Waals surface area contributed by atoms with Gasteiger partial charge in [0.2, 0.25) is 5.91 Å². The zero-order valence-electron chi connectivity index (χ0n) is 13.1. The molecule has 0 spiro atoms. The molecule has 0 aliphatic rings. The summed E-state index contributed by atoms with van der Waals surface area (Å²) in [7, 11) is 0. The number of fused-ring (bicyclic) bond motifs is 2. The Balaban J connectivity index is 1.37. The molecule has 1 amide bonds. The molecule has 120 valence electrons. The average molecular weight is 319 g/mol. The Morgan fingerprint density at radius 3 is 2.92 bits per heavy atom. The number of carbonyl (C=O) groups excluding carboxylic acids is 1. The maximum absolute atomic E-state index is 12.1. The van der Waals surface area contributed by atoms with E-state index in [1.165, 1.54) is 0 Å². The molecule has 1 N–H and O–H groups in total. The van der Waals surface area contributed by atoms with Gasteiger partial charge in [0.1, 0.15) is 5.65 Å². The van der Waals surface area contributed by atoms with Crippen LogP contribution < -0.4 is 5.32 Å². The molecular weight excluding hydrogens is 302 g/mol. The lowest BCUT2D eigenvalue weighted by Crippen LogP contribution is -2.24. The van der Waals surface area contributed by atoms with Crippen molar-refractivity contribution in [2.24, 2.45) is 0 Å². The Morgan fingerprint density at radius 1 is 1.08 bits per heavy atom. The molecule has 0 aliphatic heterocycles. The first kappa shape index (κ1) is 14.4. The molecule has 0 aliphatic carbocycles. The minimum atomic E-state index is 0.0127. The third-order valence-corrected chi connectivity index (χ3v) is 4.07. The van der Waals surface area contributed by atoms with Gasteiger partial charge in [-0.05, 0) is 24.3 Å². The van der Waals surface area contributed by atoms with E-state index >= 15 is 0 Å². The van der Waals surface area contributed by atoms with Gasteiger partial charge in [0, 0.05) is 19.2 Å². The SMILES string of the molecule is O=C(CCn1cnc2ccccc21)NCc1cnc2ccccn12. The molecule has 0 unspecified atom stereocenters. The largest absolute Gasteiger partial charge is 0.350 e. The fraction of sp³-hybridized carbons (Fsp3) is 0.167. The van der Waals surface area contributed by atoms with E-state index in [0.29, 0.717) is 19.5 Å². The van der Waals surface area contributed by atoms with Crippen LogP contribution >= 0.6 is 0 Å². The summed E-state index contributed by atoms with van der Waals surface area (Å²) < 4.78 is 3.98. The summed E-state index contributed by atoms with van der Waals surface area (Å²) in [5.74, 6) is 0.0127. The van der Waals surface area contributed by atoms with Gasteiger partial charge >= 0.3 is 0 Å². The van der Waals surface area contributed by atoms with Gasteiger partial charge in [-0.25, -0.2) is 9.97 Å². The molecule has 1 aromatic carbocycles. The lowest BCUT2D eigenvalue weighted by atomic mass is 10.3. The number of carbonyl (C=O) groups is 1. The number of aromatic nitrogens is 4. The Hall–Kier alpha value is -3.15. The van der Waals surface area contributed by atoms with Crippen LogP contribution in [0.5, 0.6) is 0 Å². The second-order valence-electron chi connectivity index (χ2n) is 5.63. The summed E-state index contributed by atoms with van der Waals surface area (Å²) in [5.41, 5.74) is 3.84. The average Bonchev–Trinajstić information content (AvgIpc) is 3.22. The highest BCUT2D eigenvalue weighted by Gasteiger charge is 2.07. The van der Waals surface area contributed by atoms with E-state index in [9.17, 15) is 4.79 Å². The van der Waals surface area contributed by atoms with Crippen LogP contribution in [0.3, 0.4) is 0 Å². The zero-order valence-corrected chi connectivity index (χ0v) is 13.1. The number of amides is 1. The molecule has 4 aromatic rings. The van der Waals surface area contributed by atoms with E-state index in [0.717, 1.165) is 22.4 Å². The van der Waals surface area contributed by atoms with Gasteiger partial charge in [-0.2, -0.15) is 0 Å². The van der Waals surface area contributed by atoms with Crippen LogP contribution in [0.2, 0.25) is 0 Å². The van der Waals surface area contributed by atoms with Crippen molar-refractivity contribution in [2.75, 3.05) is 0 Å². The monoisotopic (exact) mass is 319 g/mol. The summed E-state index contributed by atoms with van der Waals surface area (Å²) >= 11 is 0. The van der Waals surface area contributed by atoms with Crippen molar-refractivity contribution in [3.8, 4) is 0 Å². The van der Waals surface area contributed by atoms with E-state index in [1.54, 1.807) is 12.5 Å². The number of nitrogens with zero attached hydrogens (tertiary/aromatic N) is 4. The topological polar surface area (TPSA) is 64.2 Å². The Labute approximate surface area is 138 Å². The molecule has 3 aromatic heterocycles. The van der Waals surface area contributed by atoms with Crippen LogP contribution in [-0.2, 0) is 17.9 Å². The number of nitrogens with one attached hydrogen (secondary N) is 1. The van der Waals surface area contributed by atoms with Gasteiger partial charge in [-0.1, -0.05) is 18.2 Å². The minimum absolute atomic E-state index is 0.0127. The highest BCUT2D eigenvalue weighted by molar-refractivity contribution is 5.77. The molecule has 0 saturated heterocycles. The van der Waals surface area contributed by atoms with Crippen LogP contribution in [0.25, 0.3) is 16.7 Å². The Bertz CT molecular complexity index is 921. The molecule has 0 bridgehead atoms. The lowest BCUT2D eigenvalue weighted by Gasteiger charge is -2.06. The van der Waals surface area contributed by atoms with E-state index in [-0.39, 0.29) is 5.91 Å². The summed E-state index contributed by atoms with van der Waals surface area (Å²) in [6.07, 6.45) is 5.93. The van der Waals surface area contributed by atoms with E-state index in [1.807, 2.05) is 57.6 Å². The maximum Gasteiger partial charge on any atom is 0.222 e. The van der Waals surface area contributed by atoms with Crippen LogP contribution in [0.15, 0.2) is 61.2 Å². The third kappa shape index (κ3) is 2.74. The van der Waals surface area contributed by atoms with Crippen LogP contribution in [0.4, 0.5) is 0 Å². The highest BCUT2D eigenvalue weighted by atomic mass is 16.1. The first-order valence-corrected chi connectivity index (χ1v) is 7.89. The van der Waals surface area contributed by atoms with Gasteiger partial charge < -0.3 is 14.3 Å². The quantitative estimate of drug-likeness (QED) is 0.614. The lowest BCUT2D eigenvalue weighted by molar-refractivity contribution is -0.121. The highest BCUT2D eigenvalue weighted by Crippen LogP contribution is 2.12. The first-order chi connectivity index (χ1) is 11.8. The van der Waals surface area contributed by atoms with Crippen LogP contribution in [0.1, 0.15) is 12.1 Å². The third-order valence-electron chi connectivity index (χ3n) is 4.07. The van der Waals surface area contributed by atoms with Crippen molar-refractivity contribution in [3.05, 3.63) is 66.9 Å². The van der Waals surface area contributed by atoms with Crippen molar-refractivity contribution in [2.45, 2.75) is 19.5 Å². The number of hydrogen-bond donors (Lipinski definition) is 1. The summed E-state index contributed by atoms with van der Waals surface area (Å²) in [4.78, 5) is 20.8. The maximum atomic E-state index is 12.1. The molecule has 0 radical (unpaired) electrons. The number of pyridine rings is 1. The number of para-hydroxylation sites is 2. The smallest absolute Gasteiger partial charge is 0.222 e. The number of imidazole rings is 2. The van der Waals surface area contributed by atoms with Crippen molar-refractivity contribution in [1.29, 1.82) is 0 Å². The van der Waals surface area contributed by atoms with Gasteiger partial charge in [0.05, 0.1) is 35.8 Å². The molecule has 4 rings (SSSR count). The molecular formula is C18H17N5O. The number of aryl methyl sites for hydroxylation is 1. The van der Waals surface area contributed by atoms with Crippen molar-refractivity contribution in [3.63, 3.8) is 0 Å². The fourth-order valence-electron chi connectivity index (χ4n) is 2.80. The van der Waals surface area contributed by atoms with E-state index in [4.69, 9.17) is 0 Å². The van der Waals surface area contributed by atoms with Crippen LogP contribution in [-0.4, -0.2) is 24.8 Å². The second kappa shape index (κ2) is 6.16. The normalized spacial score (nSPS) is 11.2. The molecule has 6 nitrogen and oxygen atoms in total. The predicted octanol–water partition coefficient (Wildman–Crippen LogP) is 2.39. The number of hydrogen-bond acceptors (Lipinski definition) is 3. The van der Waals surface area contributed by atoms with Crippen molar-refractivity contribution in [1.82, 2.24) is 24.3 Å². The number of rotatable bonds is 5. The van der Waals surface area contributed by atoms with Crippen molar-refractivity contribution >= 4 is 22.6 Å². The molecule has 3 heterocycles. The van der Waals surface area contributed by atoms with E-state index < -0.39 is 0 Å². The Kier molecular flexibility index (Phi) is 3.70. The summed E-state index contributed by atoms with van der Waals surface area (Å²) in [6.45, 7) is 1.08. The van der Waals surface area contributed by atoms with E-state index in [2.05, 4.69) is 15.3 Å². The Morgan fingerprint density at radius 2 is 1.96 bits per heavy atom. The predicted molar refractivity (Wildman–Crippen MR) is 91.4 cm³/mol. The molecule has 0 atom stereocenters. The van der Waals surface area contributed by atoms with Gasteiger partial charge in [-0.3, -0.25) is 4.79 Å². The molecule has 0 saturated carbocycles. The minimum Gasteiger partial charge on any atom is -0.350 e. The van der Waals surface area contributed by atoms with Gasteiger partial charge in [0.25, 0.3) is 0 Å². The first-order valence-electron chi connectivity index (χ1n) is 7.89. The zero-order chi connectivity index (χ0) is 16.4. The van der Waals surface area contributed by atoms with Gasteiger partial charge in [0.15, 0.2) is 0 Å². The van der Waals surface area contributed by atoms with Gasteiger partial charge in [-0.15, -0.1) is 0 Å². The standard InChI is InChI=1S/C18H17N5O/c24-18(8-10-22-13-21-15-5-1-2-6-16(15)22)20-12-14-11-19-17-7-3-4-9-23(14)17/h1-7,9,11,13H,8,10,12H2,(H,20,24). The fourth-order valence-corrected chi connectivity index (χ4v) is 2.80.